The Morgan fingerprint density at radius 1 is 1.41 bits per heavy atom. The Morgan fingerprint density at radius 3 is 2.65 bits per heavy atom. The number of nitrogens with two attached hydrogens (primary N) is 1. The Bertz CT molecular complexity index is 266. The van der Waals surface area contributed by atoms with Gasteiger partial charge in [-0.2, -0.15) is 0 Å². The predicted molar refractivity (Wildman–Crippen MR) is 60.5 cm³/mol. The monoisotopic (exact) mass is 245 g/mol. The summed E-state index contributed by atoms with van der Waals surface area (Å²) in [4.78, 5) is 23.9. The molecule has 0 spiro atoms. The average molecular weight is 245 g/mol. The van der Waals surface area contributed by atoms with Crippen LogP contribution in [0.3, 0.4) is 0 Å². The van der Waals surface area contributed by atoms with Crippen molar-refractivity contribution in [2.24, 2.45) is 5.73 Å². The summed E-state index contributed by atoms with van der Waals surface area (Å²) in [6.45, 7) is 4.36. The molecule has 1 atom stereocenters. The van der Waals surface area contributed by atoms with Crippen LogP contribution in [0.4, 0.5) is 0 Å². The molecule has 1 aliphatic rings. The van der Waals surface area contributed by atoms with Gasteiger partial charge in [0, 0.05) is 26.2 Å². The van der Waals surface area contributed by atoms with Crippen LogP contribution in [0.2, 0.25) is 0 Å². The van der Waals surface area contributed by atoms with Crippen molar-refractivity contribution in [1.82, 2.24) is 10.2 Å². The summed E-state index contributed by atoms with van der Waals surface area (Å²) in [6.07, 6.45) is -0.344. The van der Waals surface area contributed by atoms with Gasteiger partial charge in [-0.3, -0.25) is 14.5 Å². The standard InChI is InChI=1S/C10H19N3O4/c11-8(7-9(14)15)10(16)12-1-2-13-3-5-17-6-4-13/h8H,1-7,11H2,(H,12,16)(H,14,15). The normalized spacial score (nSPS) is 18.6. The van der Waals surface area contributed by atoms with Crippen molar-refractivity contribution in [3.05, 3.63) is 0 Å². The number of morpholine rings is 1. The minimum atomic E-state index is -1.07. The molecule has 1 saturated heterocycles. The molecule has 0 bridgehead atoms. The zero-order valence-electron chi connectivity index (χ0n) is 9.72. The first-order chi connectivity index (χ1) is 8.09. The van der Waals surface area contributed by atoms with Crippen molar-refractivity contribution >= 4 is 11.9 Å². The molecule has 7 heteroatoms. The fraction of sp³-hybridized carbons (Fsp3) is 0.800. The molecule has 98 valence electrons. The quantitative estimate of drug-likeness (QED) is 0.512. The van der Waals surface area contributed by atoms with E-state index in [0.717, 1.165) is 19.6 Å². The maximum absolute atomic E-state index is 11.4. The van der Waals surface area contributed by atoms with Gasteiger partial charge in [0.1, 0.15) is 0 Å². The number of carbonyl (C=O) groups excluding carboxylic acids is 1. The highest BCUT2D eigenvalue weighted by Crippen LogP contribution is 1.95. The van der Waals surface area contributed by atoms with Gasteiger partial charge in [-0.25, -0.2) is 0 Å². The van der Waals surface area contributed by atoms with Crippen molar-refractivity contribution in [2.75, 3.05) is 39.4 Å². The highest BCUT2D eigenvalue weighted by atomic mass is 16.5. The summed E-state index contributed by atoms with van der Waals surface area (Å²) < 4.78 is 5.19. The Kier molecular flexibility index (Phi) is 5.88. The van der Waals surface area contributed by atoms with Gasteiger partial charge in [0.05, 0.1) is 25.7 Å². The first kappa shape index (κ1) is 13.9. The van der Waals surface area contributed by atoms with Gasteiger partial charge in [-0.1, -0.05) is 0 Å². The van der Waals surface area contributed by atoms with Crippen LogP contribution in [0.1, 0.15) is 6.42 Å². The predicted octanol–water partition coefficient (Wildman–Crippen LogP) is -1.76. The SMILES string of the molecule is NC(CC(=O)O)C(=O)NCCN1CCOCC1. The van der Waals surface area contributed by atoms with E-state index >= 15 is 0 Å². The van der Waals surface area contributed by atoms with Gasteiger partial charge in [0.15, 0.2) is 0 Å². The number of rotatable bonds is 6. The summed E-state index contributed by atoms with van der Waals surface area (Å²) in [5.74, 6) is -1.48. The first-order valence-electron chi connectivity index (χ1n) is 5.65. The molecule has 0 saturated carbocycles. The van der Waals surface area contributed by atoms with Crippen molar-refractivity contribution in [1.29, 1.82) is 0 Å². The van der Waals surface area contributed by atoms with Crippen LogP contribution in [0, 0.1) is 0 Å². The molecule has 0 aromatic carbocycles. The number of carbonyl (C=O) groups is 2. The van der Waals surface area contributed by atoms with E-state index in [2.05, 4.69) is 10.2 Å². The molecule has 0 aliphatic carbocycles. The van der Waals surface area contributed by atoms with E-state index < -0.39 is 17.9 Å². The number of nitrogens with zero attached hydrogens (tertiary/aromatic N) is 1. The number of amides is 1. The van der Waals surface area contributed by atoms with Crippen molar-refractivity contribution in [3.8, 4) is 0 Å². The van der Waals surface area contributed by atoms with E-state index in [1.54, 1.807) is 0 Å². The number of carboxylic acids is 1. The van der Waals surface area contributed by atoms with Crippen LogP contribution in [0.15, 0.2) is 0 Å². The number of aliphatic carboxylic acids is 1. The number of ether oxygens (including phenoxy) is 1. The lowest BCUT2D eigenvalue weighted by Crippen LogP contribution is -2.46. The van der Waals surface area contributed by atoms with Gasteiger partial charge < -0.3 is 20.9 Å². The van der Waals surface area contributed by atoms with Crippen molar-refractivity contribution in [2.45, 2.75) is 12.5 Å². The molecule has 1 amide bonds. The lowest BCUT2D eigenvalue weighted by molar-refractivity contribution is -0.139. The van der Waals surface area contributed by atoms with Gasteiger partial charge in [0.25, 0.3) is 0 Å². The Balaban J connectivity index is 2.12. The lowest BCUT2D eigenvalue weighted by Gasteiger charge is -2.26. The summed E-state index contributed by atoms with van der Waals surface area (Å²) in [5.41, 5.74) is 5.41. The van der Waals surface area contributed by atoms with E-state index in [1.807, 2.05) is 0 Å². The van der Waals surface area contributed by atoms with Crippen LogP contribution in [-0.4, -0.2) is 67.3 Å². The summed E-state index contributed by atoms with van der Waals surface area (Å²) in [6, 6.07) is -0.975. The van der Waals surface area contributed by atoms with E-state index in [9.17, 15) is 9.59 Å². The summed E-state index contributed by atoms with van der Waals surface area (Å²) >= 11 is 0. The Labute approximate surface area is 99.9 Å². The molecule has 1 unspecified atom stereocenters. The first-order valence-corrected chi connectivity index (χ1v) is 5.65. The highest BCUT2D eigenvalue weighted by Gasteiger charge is 2.17. The second kappa shape index (κ2) is 7.21. The fourth-order valence-electron chi connectivity index (χ4n) is 1.57. The fourth-order valence-corrected chi connectivity index (χ4v) is 1.57. The minimum Gasteiger partial charge on any atom is -0.481 e. The van der Waals surface area contributed by atoms with E-state index in [1.165, 1.54) is 0 Å². The second-order valence-electron chi connectivity index (χ2n) is 3.95. The van der Waals surface area contributed by atoms with Crippen LogP contribution in [-0.2, 0) is 14.3 Å². The molecule has 17 heavy (non-hydrogen) atoms. The molecule has 0 aromatic heterocycles. The van der Waals surface area contributed by atoms with Crippen LogP contribution in [0.25, 0.3) is 0 Å². The summed E-state index contributed by atoms with van der Waals surface area (Å²) in [5, 5.41) is 11.1. The van der Waals surface area contributed by atoms with Gasteiger partial charge in [-0.05, 0) is 0 Å². The molecular formula is C10H19N3O4. The lowest BCUT2D eigenvalue weighted by atomic mass is 10.2. The third-order valence-corrected chi connectivity index (χ3v) is 2.56. The third kappa shape index (κ3) is 5.62. The topological polar surface area (TPSA) is 105 Å². The number of hydrogen-bond acceptors (Lipinski definition) is 5. The maximum Gasteiger partial charge on any atom is 0.305 e. The van der Waals surface area contributed by atoms with Crippen LogP contribution >= 0.6 is 0 Å². The Morgan fingerprint density at radius 2 is 2.06 bits per heavy atom. The number of nitrogens with one attached hydrogen (secondary N) is 1. The maximum atomic E-state index is 11.4. The molecule has 1 fully saturated rings. The van der Waals surface area contributed by atoms with Crippen molar-refractivity contribution < 1.29 is 19.4 Å². The number of carboxylic acid groups (broad SMARTS) is 1. The van der Waals surface area contributed by atoms with Crippen molar-refractivity contribution in [3.63, 3.8) is 0 Å². The molecule has 1 heterocycles. The average Bonchev–Trinajstić information content (AvgIpc) is 2.29. The molecule has 4 N–H and O–H groups in total. The van der Waals surface area contributed by atoms with Gasteiger partial charge in [0.2, 0.25) is 5.91 Å². The molecule has 1 aliphatic heterocycles. The van der Waals surface area contributed by atoms with Crippen LogP contribution in [0.5, 0.6) is 0 Å². The highest BCUT2D eigenvalue weighted by molar-refractivity contribution is 5.85. The second-order valence-corrected chi connectivity index (χ2v) is 3.95. The summed E-state index contributed by atoms with van der Waals surface area (Å²) in [7, 11) is 0. The Hall–Kier alpha value is -1.18. The van der Waals surface area contributed by atoms with E-state index in [-0.39, 0.29) is 6.42 Å². The van der Waals surface area contributed by atoms with Gasteiger partial charge in [-0.15, -0.1) is 0 Å². The molecule has 7 nitrogen and oxygen atoms in total. The third-order valence-electron chi connectivity index (χ3n) is 2.56. The van der Waals surface area contributed by atoms with Crippen LogP contribution < -0.4 is 11.1 Å². The zero-order chi connectivity index (χ0) is 12.7. The molecule has 0 radical (unpaired) electrons. The molecule has 1 rings (SSSR count). The zero-order valence-corrected chi connectivity index (χ0v) is 9.72. The largest absolute Gasteiger partial charge is 0.481 e. The van der Waals surface area contributed by atoms with E-state index in [0.29, 0.717) is 19.8 Å². The van der Waals surface area contributed by atoms with Gasteiger partial charge >= 0.3 is 5.97 Å². The molecule has 0 aromatic rings. The molecular weight excluding hydrogens is 226 g/mol. The smallest absolute Gasteiger partial charge is 0.305 e. The minimum absolute atomic E-state index is 0.344. The number of hydrogen-bond donors (Lipinski definition) is 3. The van der Waals surface area contributed by atoms with E-state index in [4.69, 9.17) is 15.6 Å².